The summed E-state index contributed by atoms with van der Waals surface area (Å²) in [5, 5.41) is 10.4. The number of anilines is 1. The molecule has 0 bridgehead atoms. The van der Waals surface area contributed by atoms with E-state index in [-0.39, 0.29) is 12.1 Å². The molecule has 30 heavy (non-hydrogen) atoms. The summed E-state index contributed by atoms with van der Waals surface area (Å²) in [5.41, 5.74) is 2.28. The van der Waals surface area contributed by atoms with Gasteiger partial charge < -0.3 is 16.0 Å². The molecule has 156 valence electrons. The molecule has 2 atom stereocenters. The molecule has 0 spiro atoms. The molecule has 2 unspecified atom stereocenters. The quantitative estimate of drug-likeness (QED) is 0.525. The molecule has 2 amide bonds. The van der Waals surface area contributed by atoms with Crippen molar-refractivity contribution in [2.45, 2.75) is 25.4 Å². The predicted molar refractivity (Wildman–Crippen MR) is 122 cm³/mol. The predicted octanol–water partition coefficient (Wildman–Crippen LogP) is 3.78. The summed E-state index contributed by atoms with van der Waals surface area (Å²) in [6.07, 6.45) is 0.976. The maximum absolute atomic E-state index is 12.2. The Hall–Kier alpha value is -3.12. The molecule has 6 heteroatoms. The Balaban J connectivity index is 1.17. The van der Waals surface area contributed by atoms with E-state index in [2.05, 4.69) is 57.0 Å². The molecule has 1 fully saturated rings. The van der Waals surface area contributed by atoms with Crippen LogP contribution < -0.4 is 16.0 Å². The molecule has 0 saturated carbocycles. The third-order valence-corrected chi connectivity index (χ3v) is 5.70. The van der Waals surface area contributed by atoms with E-state index in [4.69, 9.17) is 0 Å². The Kier molecular flexibility index (Phi) is 6.44. The van der Waals surface area contributed by atoms with Gasteiger partial charge in [0.15, 0.2) is 0 Å². The average Bonchev–Trinajstić information content (AvgIpc) is 3.25. The molecular weight excluding hydrogens is 374 g/mol. The number of para-hydroxylation sites is 1. The minimum atomic E-state index is -0.109. The van der Waals surface area contributed by atoms with Gasteiger partial charge in [-0.2, -0.15) is 0 Å². The Bertz CT molecular complexity index is 978. The van der Waals surface area contributed by atoms with Crippen molar-refractivity contribution in [2.75, 3.05) is 31.5 Å². The van der Waals surface area contributed by atoms with Crippen LogP contribution in [0.3, 0.4) is 0 Å². The van der Waals surface area contributed by atoms with Gasteiger partial charge in [0.25, 0.3) is 0 Å². The number of rotatable bonds is 7. The van der Waals surface area contributed by atoms with Crippen molar-refractivity contribution in [3.63, 3.8) is 0 Å². The normalized spacial score (nSPS) is 17.6. The van der Waals surface area contributed by atoms with Crippen LogP contribution in [0.2, 0.25) is 0 Å². The van der Waals surface area contributed by atoms with Gasteiger partial charge in [0.1, 0.15) is 5.82 Å². The van der Waals surface area contributed by atoms with Gasteiger partial charge in [-0.15, -0.1) is 0 Å². The Morgan fingerprint density at radius 1 is 1.07 bits per heavy atom. The first-order valence-corrected chi connectivity index (χ1v) is 10.6. The van der Waals surface area contributed by atoms with Crippen molar-refractivity contribution >= 4 is 22.8 Å². The highest BCUT2D eigenvalue weighted by molar-refractivity contribution is 5.80. The molecule has 1 aliphatic rings. The minimum Gasteiger partial charge on any atom is -0.368 e. The Labute approximate surface area is 177 Å². The van der Waals surface area contributed by atoms with E-state index < -0.39 is 0 Å². The largest absolute Gasteiger partial charge is 0.368 e. The smallest absolute Gasteiger partial charge is 0.315 e. The van der Waals surface area contributed by atoms with Crippen LogP contribution in [0.4, 0.5) is 10.6 Å². The Morgan fingerprint density at radius 2 is 1.87 bits per heavy atom. The second-order valence-corrected chi connectivity index (χ2v) is 7.78. The summed E-state index contributed by atoms with van der Waals surface area (Å²) in [6.45, 7) is 5.26. The molecule has 2 aromatic carbocycles. The maximum Gasteiger partial charge on any atom is 0.315 e. The number of nitrogens with zero attached hydrogens (tertiary/aromatic N) is 2. The molecule has 3 aromatic rings. The van der Waals surface area contributed by atoms with E-state index in [1.807, 2.05) is 42.5 Å². The topological polar surface area (TPSA) is 69.3 Å². The molecule has 6 nitrogen and oxygen atoms in total. The lowest BCUT2D eigenvalue weighted by atomic mass is 10.1. The molecule has 3 N–H and O–H groups in total. The molecule has 0 aliphatic carbocycles. The highest BCUT2D eigenvalue weighted by Gasteiger charge is 2.27. The molecule has 2 heterocycles. The fourth-order valence-electron chi connectivity index (χ4n) is 3.97. The zero-order chi connectivity index (χ0) is 20.8. The fourth-order valence-corrected chi connectivity index (χ4v) is 3.97. The number of benzene rings is 2. The van der Waals surface area contributed by atoms with E-state index in [0.29, 0.717) is 19.1 Å². The van der Waals surface area contributed by atoms with Gasteiger partial charge in [0.2, 0.25) is 0 Å². The first-order chi connectivity index (χ1) is 14.7. The summed E-state index contributed by atoms with van der Waals surface area (Å²) in [4.78, 5) is 19.3. The standard InChI is InChI=1S/C24H29N5O/c1-18(19-7-3-2-4-8-19)29-16-13-21(17-29)27-24(30)26-15-14-25-23-12-11-20-9-5-6-10-22(20)28-23/h2-12,18,21H,13-17H2,1H3,(H,25,28)(H2,26,27,30). The highest BCUT2D eigenvalue weighted by atomic mass is 16.2. The van der Waals surface area contributed by atoms with Gasteiger partial charge in [-0.3, -0.25) is 4.90 Å². The second-order valence-electron chi connectivity index (χ2n) is 7.78. The van der Waals surface area contributed by atoms with Crippen molar-refractivity contribution in [1.29, 1.82) is 0 Å². The SMILES string of the molecule is CC(c1ccccc1)N1CCC(NC(=O)NCCNc2ccc3ccccc3n2)C1. The van der Waals surface area contributed by atoms with Crippen LogP contribution in [0.15, 0.2) is 66.7 Å². The van der Waals surface area contributed by atoms with Crippen LogP contribution >= 0.6 is 0 Å². The maximum atomic E-state index is 12.2. The van der Waals surface area contributed by atoms with Crippen molar-refractivity contribution in [2.24, 2.45) is 0 Å². The number of urea groups is 1. The van der Waals surface area contributed by atoms with Crippen molar-refractivity contribution in [3.05, 3.63) is 72.3 Å². The number of likely N-dealkylation sites (tertiary alicyclic amines) is 1. The first kappa shape index (κ1) is 20.2. The van der Waals surface area contributed by atoms with Crippen LogP contribution in [-0.2, 0) is 0 Å². The molecular formula is C24H29N5O. The third kappa shape index (κ3) is 5.07. The zero-order valence-electron chi connectivity index (χ0n) is 17.3. The fraction of sp³-hybridized carbons (Fsp3) is 0.333. The zero-order valence-corrected chi connectivity index (χ0v) is 17.3. The van der Waals surface area contributed by atoms with Gasteiger partial charge in [-0.1, -0.05) is 48.5 Å². The number of amides is 2. The summed E-state index contributed by atoms with van der Waals surface area (Å²) in [5.74, 6) is 0.817. The second kappa shape index (κ2) is 9.59. The summed E-state index contributed by atoms with van der Waals surface area (Å²) in [7, 11) is 0. The van der Waals surface area contributed by atoms with E-state index >= 15 is 0 Å². The number of pyridine rings is 1. The van der Waals surface area contributed by atoms with Crippen molar-refractivity contribution in [1.82, 2.24) is 20.5 Å². The number of fused-ring (bicyclic) bond motifs is 1. The number of hydrogen-bond donors (Lipinski definition) is 3. The Morgan fingerprint density at radius 3 is 2.73 bits per heavy atom. The summed E-state index contributed by atoms with van der Waals surface area (Å²) in [6, 6.07) is 23.0. The van der Waals surface area contributed by atoms with Crippen LogP contribution in [0.25, 0.3) is 10.9 Å². The van der Waals surface area contributed by atoms with E-state index in [9.17, 15) is 4.79 Å². The lowest BCUT2D eigenvalue weighted by molar-refractivity contribution is 0.232. The molecule has 1 saturated heterocycles. The van der Waals surface area contributed by atoms with Gasteiger partial charge in [-0.05, 0) is 37.1 Å². The number of carbonyl (C=O) groups is 1. The van der Waals surface area contributed by atoms with Gasteiger partial charge in [0.05, 0.1) is 5.52 Å². The monoisotopic (exact) mass is 403 g/mol. The lowest BCUT2D eigenvalue weighted by Crippen LogP contribution is -2.44. The number of nitrogens with one attached hydrogen (secondary N) is 3. The molecule has 1 aliphatic heterocycles. The van der Waals surface area contributed by atoms with Gasteiger partial charge in [-0.25, -0.2) is 9.78 Å². The van der Waals surface area contributed by atoms with E-state index in [1.54, 1.807) is 0 Å². The van der Waals surface area contributed by atoms with E-state index in [0.717, 1.165) is 36.2 Å². The third-order valence-electron chi connectivity index (χ3n) is 5.70. The van der Waals surface area contributed by atoms with Crippen LogP contribution in [0.5, 0.6) is 0 Å². The highest BCUT2D eigenvalue weighted by Crippen LogP contribution is 2.24. The molecule has 0 radical (unpaired) electrons. The van der Waals surface area contributed by atoms with Gasteiger partial charge in [0, 0.05) is 43.6 Å². The number of carbonyl (C=O) groups excluding carboxylic acids is 1. The minimum absolute atomic E-state index is 0.109. The first-order valence-electron chi connectivity index (χ1n) is 10.6. The average molecular weight is 404 g/mol. The summed E-state index contributed by atoms with van der Waals surface area (Å²) < 4.78 is 0. The number of aromatic nitrogens is 1. The summed E-state index contributed by atoms with van der Waals surface area (Å²) >= 11 is 0. The lowest BCUT2D eigenvalue weighted by Gasteiger charge is -2.24. The van der Waals surface area contributed by atoms with E-state index in [1.165, 1.54) is 5.56 Å². The molecule has 1 aromatic heterocycles. The number of hydrogen-bond acceptors (Lipinski definition) is 4. The van der Waals surface area contributed by atoms with Crippen LogP contribution in [0.1, 0.15) is 24.9 Å². The van der Waals surface area contributed by atoms with Crippen LogP contribution in [0, 0.1) is 0 Å². The molecule has 4 rings (SSSR count). The van der Waals surface area contributed by atoms with Gasteiger partial charge >= 0.3 is 6.03 Å². The van der Waals surface area contributed by atoms with Crippen molar-refractivity contribution < 1.29 is 4.79 Å². The van der Waals surface area contributed by atoms with Crippen molar-refractivity contribution in [3.8, 4) is 0 Å². The van der Waals surface area contributed by atoms with Crippen LogP contribution in [-0.4, -0.2) is 48.1 Å².